The molecule has 0 fully saturated rings. The first-order chi connectivity index (χ1) is 11.7. The van der Waals surface area contributed by atoms with Gasteiger partial charge in [0.2, 0.25) is 0 Å². The van der Waals surface area contributed by atoms with Crippen molar-refractivity contribution in [1.29, 1.82) is 0 Å². The number of sulfone groups is 1. The Hall–Kier alpha value is -2.18. The van der Waals surface area contributed by atoms with E-state index in [0.717, 1.165) is 6.26 Å². The number of hydrogen-bond acceptors (Lipinski definition) is 4. The van der Waals surface area contributed by atoms with E-state index in [0.29, 0.717) is 22.0 Å². The maximum Gasteiger partial charge on any atom is 0.192 e. The highest BCUT2D eigenvalue weighted by atomic mass is 35.5. The number of rotatable bonds is 2. The van der Waals surface area contributed by atoms with Crippen molar-refractivity contribution in [2.24, 2.45) is 4.99 Å². The van der Waals surface area contributed by atoms with Gasteiger partial charge in [-0.25, -0.2) is 17.8 Å². The molecule has 0 spiro atoms. The second kappa shape index (κ2) is 6.28. The van der Waals surface area contributed by atoms with E-state index in [4.69, 9.17) is 11.6 Å². The van der Waals surface area contributed by atoms with Crippen molar-refractivity contribution in [3.8, 4) is 0 Å². The Morgan fingerprint density at radius 2 is 1.80 bits per heavy atom. The standard InChI is InChI=1S/C18H16ClFN2O2S/c1-11-18(25(3,23)24)22(2)16-9-8-12(19)10-14(16)17(21-11)13-6-4-5-7-15(13)20/h4-10H,1-3H3. The van der Waals surface area contributed by atoms with Crippen LogP contribution < -0.4 is 4.90 Å². The van der Waals surface area contributed by atoms with Gasteiger partial charge < -0.3 is 4.90 Å². The summed E-state index contributed by atoms with van der Waals surface area (Å²) < 4.78 is 39.0. The number of aliphatic imine (C=N–C) groups is 1. The van der Waals surface area contributed by atoms with Crippen molar-refractivity contribution in [2.45, 2.75) is 6.92 Å². The van der Waals surface area contributed by atoms with Gasteiger partial charge in [-0.1, -0.05) is 23.7 Å². The van der Waals surface area contributed by atoms with Gasteiger partial charge >= 0.3 is 0 Å². The van der Waals surface area contributed by atoms with Crippen molar-refractivity contribution in [3.63, 3.8) is 0 Å². The van der Waals surface area contributed by atoms with Gasteiger partial charge in [-0.05, 0) is 37.3 Å². The third-order valence-electron chi connectivity index (χ3n) is 3.95. The minimum Gasteiger partial charge on any atom is -0.333 e. The summed E-state index contributed by atoms with van der Waals surface area (Å²) in [6.07, 6.45) is 1.13. The molecule has 2 aromatic rings. The predicted octanol–water partition coefficient (Wildman–Crippen LogP) is 4.00. The van der Waals surface area contributed by atoms with Crippen LogP contribution in [0.3, 0.4) is 0 Å². The summed E-state index contributed by atoms with van der Waals surface area (Å²) in [5.41, 5.74) is 2.07. The monoisotopic (exact) mass is 378 g/mol. The lowest BCUT2D eigenvalue weighted by Gasteiger charge is -2.23. The second-order valence-corrected chi connectivity index (χ2v) is 8.19. The molecular weight excluding hydrogens is 363 g/mol. The lowest BCUT2D eigenvalue weighted by molar-refractivity contribution is 0.606. The van der Waals surface area contributed by atoms with E-state index in [1.165, 1.54) is 6.07 Å². The molecule has 25 heavy (non-hydrogen) atoms. The topological polar surface area (TPSA) is 49.7 Å². The molecule has 3 rings (SSSR count). The van der Waals surface area contributed by atoms with E-state index in [1.54, 1.807) is 55.3 Å². The van der Waals surface area contributed by atoms with Gasteiger partial charge in [-0.3, -0.25) is 0 Å². The predicted molar refractivity (Wildman–Crippen MR) is 99.4 cm³/mol. The van der Waals surface area contributed by atoms with Gasteiger partial charge in [-0.15, -0.1) is 0 Å². The minimum atomic E-state index is -3.54. The number of nitrogens with zero attached hydrogens (tertiary/aromatic N) is 2. The Labute approximate surface area is 151 Å². The van der Waals surface area contributed by atoms with Crippen molar-refractivity contribution in [3.05, 3.63) is 75.2 Å². The van der Waals surface area contributed by atoms with Crippen LogP contribution in [0.25, 0.3) is 0 Å². The number of hydrogen-bond donors (Lipinski definition) is 0. The van der Waals surface area contributed by atoms with Gasteiger partial charge in [0.25, 0.3) is 0 Å². The molecule has 0 aromatic heterocycles. The average Bonchev–Trinajstić information content (AvgIpc) is 2.62. The molecule has 4 nitrogen and oxygen atoms in total. The summed E-state index contributed by atoms with van der Waals surface area (Å²) >= 11 is 6.13. The molecule has 0 unspecified atom stereocenters. The average molecular weight is 379 g/mol. The molecule has 2 aromatic carbocycles. The number of halogens is 2. The fourth-order valence-electron chi connectivity index (χ4n) is 2.99. The lowest BCUT2D eigenvalue weighted by Crippen LogP contribution is -2.24. The zero-order valence-corrected chi connectivity index (χ0v) is 15.5. The van der Waals surface area contributed by atoms with Crippen molar-refractivity contribution >= 4 is 32.8 Å². The third kappa shape index (κ3) is 3.19. The summed E-state index contributed by atoms with van der Waals surface area (Å²) in [6, 6.07) is 11.3. The maximum absolute atomic E-state index is 14.4. The van der Waals surface area contributed by atoms with Gasteiger partial charge in [0.15, 0.2) is 14.9 Å². The van der Waals surface area contributed by atoms with E-state index in [9.17, 15) is 12.8 Å². The molecular formula is C18H16ClFN2O2S. The van der Waals surface area contributed by atoms with Gasteiger partial charge in [-0.2, -0.15) is 0 Å². The SMILES string of the molecule is CC1=C(S(C)(=O)=O)N(C)c2ccc(Cl)cc2C(c2ccccc2F)=N1. The van der Waals surface area contributed by atoms with Crippen LogP contribution in [0.5, 0.6) is 0 Å². The molecule has 0 amide bonds. The van der Waals surface area contributed by atoms with Crippen LogP contribution in [0.4, 0.5) is 10.1 Å². The fraction of sp³-hybridized carbons (Fsp3) is 0.167. The summed E-state index contributed by atoms with van der Waals surface area (Å²) in [5, 5.41) is 0.527. The van der Waals surface area contributed by atoms with Crippen LogP contribution in [0.2, 0.25) is 5.02 Å². The normalized spacial score (nSPS) is 14.9. The molecule has 0 bridgehead atoms. The molecule has 130 valence electrons. The van der Waals surface area contributed by atoms with E-state index in [2.05, 4.69) is 4.99 Å². The fourth-order valence-corrected chi connectivity index (χ4v) is 4.34. The highest BCUT2D eigenvalue weighted by Crippen LogP contribution is 2.34. The zero-order chi connectivity index (χ0) is 18.4. The van der Waals surface area contributed by atoms with Crippen LogP contribution in [0, 0.1) is 5.82 Å². The molecule has 1 aliphatic heterocycles. The van der Waals surface area contributed by atoms with Crippen LogP contribution in [-0.2, 0) is 9.84 Å². The minimum absolute atomic E-state index is 0.0717. The highest BCUT2D eigenvalue weighted by molar-refractivity contribution is 7.94. The molecule has 0 saturated heterocycles. The first-order valence-electron chi connectivity index (χ1n) is 7.48. The Balaban J connectivity index is 2.41. The van der Waals surface area contributed by atoms with Crippen LogP contribution in [0.1, 0.15) is 18.1 Å². The molecule has 0 radical (unpaired) electrons. The largest absolute Gasteiger partial charge is 0.333 e. The van der Waals surface area contributed by atoms with E-state index < -0.39 is 15.7 Å². The van der Waals surface area contributed by atoms with Gasteiger partial charge in [0, 0.05) is 29.5 Å². The van der Waals surface area contributed by atoms with E-state index >= 15 is 0 Å². The van der Waals surface area contributed by atoms with Crippen molar-refractivity contribution < 1.29 is 12.8 Å². The first kappa shape index (κ1) is 17.6. The Morgan fingerprint density at radius 3 is 2.44 bits per heavy atom. The number of allylic oxidation sites excluding steroid dienone is 1. The molecule has 7 heteroatoms. The quantitative estimate of drug-likeness (QED) is 0.793. The maximum atomic E-state index is 14.4. The summed E-state index contributed by atoms with van der Waals surface area (Å²) in [5.74, 6) is -0.439. The zero-order valence-electron chi connectivity index (χ0n) is 13.9. The highest BCUT2D eigenvalue weighted by Gasteiger charge is 2.28. The second-order valence-electron chi connectivity index (χ2n) is 5.82. The molecule has 0 saturated carbocycles. The van der Waals surface area contributed by atoms with Crippen LogP contribution in [-0.4, -0.2) is 27.4 Å². The molecule has 0 atom stereocenters. The number of anilines is 1. The Kier molecular flexibility index (Phi) is 4.43. The third-order valence-corrected chi connectivity index (χ3v) is 5.46. The Bertz CT molecular complexity index is 1030. The number of fused-ring (bicyclic) bond motifs is 1. The summed E-state index contributed by atoms with van der Waals surface area (Å²) in [4.78, 5) is 6.01. The number of benzene rings is 2. The smallest absolute Gasteiger partial charge is 0.192 e. The van der Waals surface area contributed by atoms with Crippen LogP contribution >= 0.6 is 11.6 Å². The van der Waals surface area contributed by atoms with Gasteiger partial charge in [0.05, 0.1) is 17.1 Å². The molecule has 1 aliphatic rings. The van der Waals surface area contributed by atoms with Crippen molar-refractivity contribution in [1.82, 2.24) is 0 Å². The molecule has 1 heterocycles. The van der Waals surface area contributed by atoms with Crippen LogP contribution in [0.15, 0.2) is 58.2 Å². The van der Waals surface area contributed by atoms with Gasteiger partial charge in [0.1, 0.15) is 5.82 Å². The van der Waals surface area contributed by atoms with Crippen molar-refractivity contribution in [2.75, 3.05) is 18.2 Å². The lowest BCUT2D eigenvalue weighted by atomic mass is 10.00. The molecule has 0 aliphatic carbocycles. The van der Waals surface area contributed by atoms with E-state index in [1.807, 2.05) is 0 Å². The first-order valence-corrected chi connectivity index (χ1v) is 9.75. The summed E-state index contributed by atoms with van der Waals surface area (Å²) in [6.45, 7) is 1.60. The molecule has 0 N–H and O–H groups in total. The van der Waals surface area contributed by atoms with E-state index in [-0.39, 0.29) is 16.3 Å². The summed E-state index contributed by atoms with van der Waals surface area (Å²) in [7, 11) is -1.90. The Morgan fingerprint density at radius 1 is 1.12 bits per heavy atom.